The molecule has 23 heteroatoms. The second-order valence-corrected chi connectivity index (χ2v) is 16.3. The van der Waals surface area contributed by atoms with Crippen LogP contribution in [0.2, 0.25) is 10.0 Å². The fraction of sp³-hybridized carbons (Fsp3) is 0.310. The third-order valence-electron chi connectivity index (χ3n) is 11.3. The minimum Gasteiger partial charge on any atom is -0.400 e. The number of anilines is 2. The third-order valence-corrected chi connectivity index (χ3v) is 11.7. The van der Waals surface area contributed by atoms with Crippen LogP contribution in [0.5, 0.6) is 0 Å². The van der Waals surface area contributed by atoms with Gasteiger partial charge in [0.1, 0.15) is 63.7 Å². The van der Waals surface area contributed by atoms with E-state index in [4.69, 9.17) is 68.7 Å². The predicted molar refractivity (Wildman–Crippen MR) is 238 cm³/mol. The van der Waals surface area contributed by atoms with Gasteiger partial charge in [-0.3, -0.25) is 29.2 Å². The molecule has 334 valence electrons. The zero-order chi connectivity index (χ0) is 45.7. The first kappa shape index (κ1) is 43.4. The first-order chi connectivity index (χ1) is 31.3. The summed E-state index contributed by atoms with van der Waals surface area (Å²) in [6, 6.07) is 8.38. The van der Waals surface area contributed by atoms with Gasteiger partial charge in [0.25, 0.3) is 11.1 Å². The van der Waals surface area contributed by atoms with Crippen molar-refractivity contribution < 1.29 is 23.7 Å². The van der Waals surface area contributed by atoms with Crippen LogP contribution < -0.4 is 32.1 Å². The van der Waals surface area contributed by atoms with Gasteiger partial charge < -0.3 is 25.0 Å². The van der Waals surface area contributed by atoms with Gasteiger partial charge in [-0.15, -0.1) is 0 Å². The van der Waals surface area contributed by atoms with Gasteiger partial charge in [-0.1, -0.05) is 23.2 Å². The van der Waals surface area contributed by atoms with E-state index in [0.717, 1.165) is 0 Å². The summed E-state index contributed by atoms with van der Waals surface area (Å²) in [4.78, 5) is 64.3. The molecule has 2 atom stereocenters. The van der Waals surface area contributed by atoms with Crippen LogP contribution >= 0.6 is 23.2 Å². The number of fused-ring (bicyclic) bond motifs is 2. The fourth-order valence-corrected chi connectivity index (χ4v) is 8.06. The van der Waals surface area contributed by atoms with Crippen LogP contribution in [0.25, 0.3) is 44.6 Å². The summed E-state index contributed by atoms with van der Waals surface area (Å²) in [6.07, 6.45) is 1.88. The molecule has 0 amide bonds. The van der Waals surface area contributed by atoms with Crippen molar-refractivity contribution in [2.24, 2.45) is 12.8 Å². The first-order valence-corrected chi connectivity index (χ1v) is 21.1. The summed E-state index contributed by atoms with van der Waals surface area (Å²) in [5, 5.41) is 13.3. The Balaban J connectivity index is 0.999. The summed E-state index contributed by atoms with van der Waals surface area (Å²) in [6.45, 7) is 5.11. The van der Waals surface area contributed by atoms with Crippen molar-refractivity contribution in [2.45, 2.75) is 39.0 Å². The number of ether oxygens (including phenoxy) is 2. The number of benzene rings is 2. The lowest BCUT2D eigenvalue weighted by atomic mass is 10.1. The van der Waals surface area contributed by atoms with Crippen molar-refractivity contribution in [3.8, 4) is 22.5 Å². The van der Waals surface area contributed by atoms with E-state index in [1.165, 1.54) is 57.8 Å². The highest BCUT2D eigenvalue weighted by atomic mass is 35.5. The number of hydrogen-bond acceptors (Lipinski definition) is 15. The van der Waals surface area contributed by atoms with E-state index in [1.54, 1.807) is 25.8 Å². The second-order valence-electron chi connectivity index (χ2n) is 15.4. The van der Waals surface area contributed by atoms with Crippen molar-refractivity contribution >= 4 is 63.4 Å². The number of nitrogens with zero attached hydrogens (tertiary/aromatic N) is 12. The Kier molecular flexibility index (Phi) is 11.8. The number of aryl methyl sites for hydroxylation is 3. The minimum absolute atomic E-state index is 0.0231. The summed E-state index contributed by atoms with van der Waals surface area (Å²) >= 11 is 12.2. The number of hydrogen-bond donors (Lipinski definition) is 3. The highest BCUT2D eigenvalue weighted by Gasteiger charge is 2.30. The summed E-state index contributed by atoms with van der Waals surface area (Å²) in [7, 11) is 1.58. The molecule has 2 aliphatic heterocycles. The van der Waals surface area contributed by atoms with Crippen molar-refractivity contribution in [1.29, 1.82) is 0 Å². The molecular weight excluding hydrogens is 887 g/mol. The zero-order valence-electron chi connectivity index (χ0n) is 35.1. The van der Waals surface area contributed by atoms with Crippen LogP contribution in [-0.4, -0.2) is 106 Å². The van der Waals surface area contributed by atoms with E-state index in [9.17, 15) is 9.59 Å². The van der Waals surface area contributed by atoms with Gasteiger partial charge in [0.05, 0.1) is 26.3 Å². The lowest BCUT2D eigenvalue weighted by molar-refractivity contribution is -0.104. The first-order valence-electron chi connectivity index (χ1n) is 20.4. The molecule has 7 heterocycles. The number of halogens is 4. The smallest absolute Gasteiger partial charge is 0.280 e. The van der Waals surface area contributed by atoms with Crippen molar-refractivity contribution in [2.75, 3.05) is 49.2 Å². The van der Waals surface area contributed by atoms with E-state index >= 15 is 8.78 Å². The molecule has 2 aliphatic rings. The van der Waals surface area contributed by atoms with Gasteiger partial charge in [0, 0.05) is 66.0 Å². The molecule has 65 heavy (non-hydrogen) atoms. The van der Waals surface area contributed by atoms with Crippen LogP contribution in [-0.2, 0) is 29.5 Å². The lowest BCUT2D eigenvalue weighted by Gasteiger charge is -2.33. The number of allylic oxidation sites excluding steroid dienone is 1. The summed E-state index contributed by atoms with van der Waals surface area (Å²) in [5.41, 5.74) is 6.43. The molecule has 9 rings (SSSR count). The van der Waals surface area contributed by atoms with Crippen LogP contribution in [0.4, 0.5) is 20.7 Å². The molecule has 0 aliphatic carbocycles. The Morgan fingerprint density at radius 3 is 2.02 bits per heavy atom. The lowest BCUT2D eigenvalue weighted by Crippen LogP contribution is -2.46. The van der Waals surface area contributed by atoms with E-state index in [1.807, 2.05) is 4.90 Å². The molecule has 2 saturated heterocycles. The topological polar surface area (TPSA) is 239 Å². The maximum atomic E-state index is 15.5. The molecule has 2 fully saturated rings. The summed E-state index contributed by atoms with van der Waals surface area (Å²) in [5.74, 6) is 0.564. The normalized spacial score (nSPS) is 17.1. The van der Waals surface area contributed by atoms with Crippen LogP contribution in [0, 0.1) is 25.5 Å². The van der Waals surface area contributed by atoms with E-state index < -0.39 is 35.0 Å². The van der Waals surface area contributed by atoms with Crippen LogP contribution in [0.1, 0.15) is 29.4 Å². The quantitative estimate of drug-likeness (QED) is 0.167. The molecule has 5 N–H and O–H groups in total. The van der Waals surface area contributed by atoms with Gasteiger partial charge in [-0.25, -0.2) is 43.7 Å². The maximum Gasteiger partial charge on any atom is 0.280 e. The number of nitrogens with two attached hydrogens (primary N) is 2. The van der Waals surface area contributed by atoms with E-state index in [-0.39, 0.29) is 106 Å². The Hall–Kier alpha value is -6.81. The van der Waals surface area contributed by atoms with Crippen LogP contribution in [0.15, 0.2) is 57.8 Å². The molecule has 19 nitrogen and oxygen atoms in total. The zero-order valence-corrected chi connectivity index (χ0v) is 36.6. The van der Waals surface area contributed by atoms with Crippen molar-refractivity contribution in [3.63, 3.8) is 0 Å². The second kappa shape index (κ2) is 17.6. The fourth-order valence-electron chi connectivity index (χ4n) is 7.74. The highest BCUT2D eigenvalue weighted by Crippen LogP contribution is 2.33. The SMILES string of the molecule is Cc1nc2c(-c3ccc(Cl)cc3F)nc(N3CCOC(c4n[nH]c(CCn5c(C)nc6c(-c7ccc(Cl)cc7F)nc(N7CCOC(/C(N)=C/C=[NH2+])C7)nc6c5=O)n4)C3)nc2c(=O)n1C. The van der Waals surface area contributed by atoms with E-state index in [2.05, 4.69) is 20.2 Å². The minimum atomic E-state index is -0.657. The Bertz CT molecular complexity index is 3200. The molecule has 0 saturated carbocycles. The molecule has 7 aromatic rings. The molecule has 2 unspecified atom stereocenters. The largest absolute Gasteiger partial charge is 0.400 e. The molecule has 0 spiro atoms. The predicted octanol–water partition coefficient (Wildman–Crippen LogP) is 2.58. The molecular formula is C42H40Cl2F2N15O4+. The standard InChI is InChI=1S/C42H39Cl2F2N15O4/c1-20-49-34-32(24-6-4-22(43)16-26(24)45)52-41(54-36(34)39(62)58(20)3)60-13-15-65-30(19-60)38-51-31(56-57-38)9-11-61-21(2)50-35-33(25-7-5-23(44)17-27(25)46)53-42(55-37(35)40(61)63)59-12-14-64-29(18-59)28(48)8-10-47/h4-8,10,16-17,29-30,47H,9,11-15,18-19,48H2,1-3H3,(H,51,56,57)/p+1/b28-8-,47-10?. The van der Waals surface area contributed by atoms with Crippen LogP contribution in [0.3, 0.4) is 0 Å². The number of nitrogens with one attached hydrogen (secondary N) is 1. The Morgan fingerprint density at radius 2 is 1.40 bits per heavy atom. The number of morpholine rings is 2. The molecule has 2 aromatic carbocycles. The Labute approximate surface area is 377 Å². The Morgan fingerprint density at radius 1 is 0.815 bits per heavy atom. The number of H-pyrrole nitrogens is 1. The molecule has 0 radical (unpaired) electrons. The number of aromatic nitrogens is 11. The van der Waals surface area contributed by atoms with Gasteiger partial charge in [-0.2, -0.15) is 5.10 Å². The molecule has 5 aromatic heterocycles. The average Bonchev–Trinajstić information content (AvgIpc) is 3.77. The number of rotatable bonds is 10. The van der Waals surface area contributed by atoms with Crippen molar-refractivity contribution in [1.82, 2.24) is 54.2 Å². The van der Waals surface area contributed by atoms with Crippen molar-refractivity contribution in [3.05, 3.63) is 114 Å². The highest BCUT2D eigenvalue weighted by molar-refractivity contribution is 6.31. The van der Waals surface area contributed by atoms with Gasteiger partial charge in [0.15, 0.2) is 23.1 Å². The maximum absolute atomic E-state index is 15.5. The average molecular weight is 928 g/mol. The van der Waals surface area contributed by atoms with Gasteiger partial charge in [-0.05, 0) is 50.2 Å². The number of aromatic amines is 1. The third kappa shape index (κ3) is 8.38. The van der Waals surface area contributed by atoms with Gasteiger partial charge in [0.2, 0.25) is 11.9 Å². The van der Waals surface area contributed by atoms with E-state index in [0.29, 0.717) is 42.1 Å². The molecule has 0 bridgehead atoms. The summed E-state index contributed by atoms with van der Waals surface area (Å²) < 4.78 is 45.7. The monoisotopic (exact) mass is 926 g/mol. The van der Waals surface area contributed by atoms with Gasteiger partial charge >= 0.3 is 0 Å².